The number of rotatable bonds is 6. The maximum atomic E-state index is 9.25. The Morgan fingerprint density at radius 3 is 2.83 bits per heavy atom. The molecule has 1 aliphatic rings. The SMILES string of the molecule is [C-]#[N+]c1cc(C#N)cc(Oc2c(C3CC3)nn(CCO)c2CC)c1. The van der Waals surface area contributed by atoms with Crippen LogP contribution in [0.4, 0.5) is 5.69 Å². The minimum absolute atomic E-state index is 0.0179. The summed E-state index contributed by atoms with van der Waals surface area (Å²) in [5.41, 5.74) is 2.61. The molecule has 0 aliphatic heterocycles. The molecule has 0 saturated heterocycles. The highest BCUT2D eigenvalue weighted by Gasteiger charge is 2.32. The monoisotopic (exact) mass is 322 g/mol. The summed E-state index contributed by atoms with van der Waals surface area (Å²) in [6.07, 6.45) is 2.89. The van der Waals surface area contributed by atoms with Crippen LogP contribution >= 0.6 is 0 Å². The average Bonchev–Trinajstić information content (AvgIpc) is 3.39. The van der Waals surface area contributed by atoms with Crippen molar-refractivity contribution in [2.45, 2.75) is 38.6 Å². The standard InChI is InChI=1S/C18H18N4O2/c1-3-16-18(17(13-4-5-13)21-22(16)6-7-23)24-15-9-12(11-19)8-14(10-15)20-2/h8-10,13,23H,3-7H2,1H3. The maximum Gasteiger partial charge on any atom is 0.192 e. The molecular formula is C18H18N4O2. The van der Waals surface area contributed by atoms with Gasteiger partial charge in [-0.3, -0.25) is 4.68 Å². The first-order chi connectivity index (χ1) is 11.7. The molecule has 6 nitrogen and oxygen atoms in total. The fourth-order valence-electron chi connectivity index (χ4n) is 2.75. The van der Waals surface area contributed by atoms with Crippen LogP contribution in [0.1, 0.15) is 42.6 Å². The van der Waals surface area contributed by atoms with E-state index in [0.29, 0.717) is 35.2 Å². The van der Waals surface area contributed by atoms with Crippen LogP contribution in [0, 0.1) is 17.9 Å². The molecule has 0 amide bonds. The van der Waals surface area contributed by atoms with Crippen molar-refractivity contribution in [3.05, 3.63) is 46.6 Å². The summed E-state index contributed by atoms with van der Waals surface area (Å²) < 4.78 is 7.88. The first-order valence-electron chi connectivity index (χ1n) is 8.01. The van der Waals surface area contributed by atoms with E-state index < -0.39 is 0 Å². The van der Waals surface area contributed by atoms with Crippen LogP contribution in [0.15, 0.2) is 18.2 Å². The van der Waals surface area contributed by atoms with Crippen molar-refractivity contribution in [1.82, 2.24) is 9.78 Å². The van der Waals surface area contributed by atoms with Crippen LogP contribution in [0.2, 0.25) is 0 Å². The van der Waals surface area contributed by atoms with E-state index in [9.17, 15) is 5.11 Å². The molecule has 24 heavy (non-hydrogen) atoms. The Hall–Kier alpha value is -2.83. The summed E-state index contributed by atoms with van der Waals surface area (Å²) in [7, 11) is 0. The smallest absolute Gasteiger partial charge is 0.192 e. The number of ether oxygens (including phenoxy) is 1. The summed E-state index contributed by atoms with van der Waals surface area (Å²) in [5.74, 6) is 1.57. The van der Waals surface area contributed by atoms with E-state index in [1.54, 1.807) is 16.8 Å². The molecule has 2 aromatic rings. The van der Waals surface area contributed by atoms with E-state index in [4.69, 9.17) is 16.6 Å². The Labute approximate surface area is 140 Å². The van der Waals surface area contributed by atoms with E-state index in [2.05, 4.69) is 16.0 Å². The van der Waals surface area contributed by atoms with Gasteiger partial charge in [-0.05, 0) is 37.5 Å². The highest BCUT2D eigenvalue weighted by atomic mass is 16.5. The maximum absolute atomic E-state index is 9.25. The summed E-state index contributed by atoms with van der Waals surface area (Å²) in [6, 6.07) is 6.86. The number of aromatic nitrogens is 2. The molecule has 0 radical (unpaired) electrons. The minimum atomic E-state index is 0.0179. The first kappa shape index (κ1) is 16.0. The molecule has 0 bridgehead atoms. The van der Waals surface area contributed by atoms with Crippen molar-refractivity contribution >= 4 is 5.69 Å². The van der Waals surface area contributed by atoms with Gasteiger partial charge in [-0.1, -0.05) is 6.92 Å². The molecule has 0 atom stereocenters. The van der Waals surface area contributed by atoms with Crippen molar-refractivity contribution in [3.8, 4) is 17.6 Å². The highest BCUT2D eigenvalue weighted by molar-refractivity contribution is 5.56. The van der Waals surface area contributed by atoms with Crippen molar-refractivity contribution in [1.29, 1.82) is 5.26 Å². The van der Waals surface area contributed by atoms with E-state index in [-0.39, 0.29) is 6.61 Å². The zero-order chi connectivity index (χ0) is 17.1. The highest BCUT2D eigenvalue weighted by Crippen LogP contribution is 2.46. The molecule has 1 aromatic heterocycles. The molecule has 122 valence electrons. The van der Waals surface area contributed by atoms with Gasteiger partial charge in [0.25, 0.3) is 0 Å². The number of nitriles is 1. The van der Waals surface area contributed by atoms with Crippen LogP contribution in [0.3, 0.4) is 0 Å². The van der Waals surface area contributed by atoms with Gasteiger partial charge in [-0.2, -0.15) is 10.4 Å². The lowest BCUT2D eigenvalue weighted by Crippen LogP contribution is -2.07. The van der Waals surface area contributed by atoms with Gasteiger partial charge in [0.05, 0.1) is 31.5 Å². The molecule has 1 saturated carbocycles. The summed E-state index contributed by atoms with van der Waals surface area (Å²) in [6.45, 7) is 9.63. The molecule has 0 spiro atoms. The van der Waals surface area contributed by atoms with Crippen molar-refractivity contribution < 1.29 is 9.84 Å². The van der Waals surface area contributed by atoms with E-state index >= 15 is 0 Å². The van der Waals surface area contributed by atoms with Crippen LogP contribution < -0.4 is 4.74 Å². The third kappa shape index (κ3) is 3.10. The number of aliphatic hydroxyl groups is 1. The summed E-state index contributed by atoms with van der Waals surface area (Å²) >= 11 is 0. The second-order valence-corrected chi connectivity index (χ2v) is 5.78. The third-order valence-electron chi connectivity index (χ3n) is 4.01. The Morgan fingerprint density at radius 2 is 2.25 bits per heavy atom. The topological polar surface area (TPSA) is 75.4 Å². The van der Waals surface area contributed by atoms with Crippen LogP contribution in [0.25, 0.3) is 4.85 Å². The number of nitrogens with zero attached hydrogens (tertiary/aromatic N) is 4. The lowest BCUT2D eigenvalue weighted by atomic mass is 10.2. The predicted octanol–water partition coefficient (Wildman–Crippen LogP) is 3.53. The van der Waals surface area contributed by atoms with E-state index in [0.717, 1.165) is 30.7 Å². The second kappa shape index (κ2) is 6.74. The average molecular weight is 322 g/mol. The minimum Gasteiger partial charge on any atom is -0.455 e. The van der Waals surface area contributed by atoms with Crippen molar-refractivity contribution in [2.24, 2.45) is 0 Å². The molecule has 1 aliphatic carbocycles. The Morgan fingerprint density at radius 1 is 1.46 bits per heavy atom. The molecule has 1 heterocycles. The van der Waals surface area contributed by atoms with Gasteiger partial charge in [-0.25, -0.2) is 4.85 Å². The van der Waals surface area contributed by atoms with Crippen LogP contribution in [0.5, 0.6) is 11.5 Å². The largest absolute Gasteiger partial charge is 0.455 e. The number of benzene rings is 1. The van der Waals surface area contributed by atoms with Crippen LogP contribution in [-0.4, -0.2) is 21.5 Å². The van der Waals surface area contributed by atoms with Crippen LogP contribution in [-0.2, 0) is 13.0 Å². The molecule has 3 rings (SSSR count). The van der Waals surface area contributed by atoms with Gasteiger partial charge in [-0.15, -0.1) is 0 Å². The van der Waals surface area contributed by atoms with Gasteiger partial charge in [0.2, 0.25) is 0 Å². The lowest BCUT2D eigenvalue weighted by molar-refractivity contribution is 0.267. The van der Waals surface area contributed by atoms with Gasteiger partial charge < -0.3 is 9.84 Å². The van der Waals surface area contributed by atoms with E-state index in [1.807, 2.05) is 6.92 Å². The molecule has 1 aromatic carbocycles. The third-order valence-corrected chi connectivity index (χ3v) is 4.01. The Bertz CT molecular complexity index is 806. The summed E-state index contributed by atoms with van der Waals surface area (Å²) in [4.78, 5) is 3.39. The van der Waals surface area contributed by atoms with Gasteiger partial charge >= 0.3 is 0 Å². The Balaban J connectivity index is 2.03. The van der Waals surface area contributed by atoms with Gasteiger partial charge in [0.1, 0.15) is 11.4 Å². The van der Waals surface area contributed by atoms with Gasteiger partial charge in [0.15, 0.2) is 11.4 Å². The molecule has 1 fully saturated rings. The number of hydrogen-bond donors (Lipinski definition) is 1. The van der Waals surface area contributed by atoms with Crippen molar-refractivity contribution in [2.75, 3.05) is 6.61 Å². The lowest BCUT2D eigenvalue weighted by Gasteiger charge is -2.10. The zero-order valence-corrected chi connectivity index (χ0v) is 13.5. The number of aliphatic hydroxyl groups excluding tert-OH is 1. The second-order valence-electron chi connectivity index (χ2n) is 5.78. The predicted molar refractivity (Wildman–Crippen MR) is 88.2 cm³/mol. The quantitative estimate of drug-likeness (QED) is 0.826. The fourth-order valence-corrected chi connectivity index (χ4v) is 2.75. The molecule has 0 unspecified atom stereocenters. The van der Waals surface area contributed by atoms with Crippen molar-refractivity contribution in [3.63, 3.8) is 0 Å². The zero-order valence-electron chi connectivity index (χ0n) is 13.5. The first-order valence-corrected chi connectivity index (χ1v) is 8.01. The normalized spacial score (nSPS) is 13.3. The summed E-state index contributed by atoms with van der Waals surface area (Å²) in [5, 5.41) is 23.0. The number of hydrogen-bond acceptors (Lipinski definition) is 4. The van der Waals surface area contributed by atoms with Gasteiger partial charge in [0, 0.05) is 11.5 Å². The molecule has 1 N–H and O–H groups in total. The Kier molecular flexibility index (Phi) is 4.50. The molecular weight excluding hydrogens is 304 g/mol. The van der Waals surface area contributed by atoms with E-state index in [1.165, 1.54) is 6.07 Å². The molecule has 6 heteroatoms. The fraction of sp³-hybridized carbons (Fsp3) is 0.389.